The van der Waals surface area contributed by atoms with Crippen molar-refractivity contribution in [3.63, 3.8) is 0 Å². The van der Waals surface area contributed by atoms with Crippen LogP contribution in [0.2, 0.25) is 0 Å². The summed E-state index contributed by atoms with van der Waals surface area (Å²) in [4.78, 5) is 16.4. The Balaban J connectivity index is 1.60. The quantitative estimate of drug-likeness (QED) is 0.941. The highest BCUT2D eigenvalue weighted by atomic mass is 32.1. The molecule has 1 saturated heterocycles. The van der Waals surface area contributed by atoms with Crippen molar-refractivity contribution in [3.8, 4) is 0 Å². The van der Waals surface area contributed by atoms with Gasteiger partial charge >= 0.3 is 0 Å². The molecule has 0 unspecified atom stereocenters. The number of ether oxygens (including phenoxy) is 1. The van der Waals surface area contributed by atoms with E-state index in [4.69, 9.17) is 4.74 Å². The van der Waals surface area contributed by atoms with E-state index in [0.717, 1.165) is 18.5 Å². The van der Waals surface area contributed by atoms with Gasteiger partial charge in [0.2, 0.25) is 5.91 Å². The standard InChI is InChI=1S/C15H16N2O2S/c18-14(12-6-7-19-9-12)17-15-16-13(10-20-15)8-11-4-2-1-3-5-11/h1-5,10,12H,6-9H2,(H,16,17,18)/t12-/m1/s1. The summed E-state index contributed by atoms with van der Waals surface area (Å²) < 4.78 is 5.22. The summed E-state index contributed by atoms with van der Waals surface area (Å²) in [6, 6.07) is 10.2. The molecule has 1 fully saturated rings. The second kappa shape index (κ2) is 6.15. The molecule has 1 aromatic heterocycles. The van der Waals surface area contributed by atoms with Gasteiger partial charge < -0.3 is 10.1 Å². The first-order valence-electron chi connectivity index (χ1n) is 6.68. The van der Waals surface area contributed by atoms with Crippen LogP contribution in [-0.4, -0.2) is 24.1 Å². The number of hydrogen-bond acceptors (Lipinski definition) is 4. The van der Waals surface area contributed by atoms with Crippen molar-refractivity contribution in [2.24, 2.45) is 5.92 Å². The first kappa shape index (κ1) is 13.3. The fraction of sp³-hybridized carbons (Fsp3) is 0.333. The predicted octanol–water partition coefficient (Wildman–Crippen LogP) is 2.71. The molecule has 1 aliphatic heterocycles. The Labute approximate surface area is 121 Å². The van der Waals surface area contributed by atoms with Gasteiger partial charge in [-0.25, -0.2) is 4.98 Å². The molecule has 0 radical (unpaired) electrons. The normalized spacial score (nSPS) is 18.1. The zero-order valence-electron chi connectivity index (χ0n) is 11.0. The summed E-state index contributed by atoms with van der Waals surface area (Å²) in [6.07, 6.45) is 1.59. The zero-order valence-corrected chi connectivity index (χ0v) is 11.9. The van der Waals surface area contributed by atoms with E-state index in [1.54, 1.807) is 0 Å². The molecule has 4 nitrogen and oxygen atoms in total. The number of benzene rings is 1. The van der Waals surface area contributed by atoms with Gasteiger partial charge in [-0.15, -0.1) is 11.3 Å². The molecule has 20 heavy (non-hydrogen) atoms. The van der Waals surface area contributed by atoms with Crippen molar-refractivity contribution in [1.29, 1.82) is 0 Å². The Morgan fingerprint density at radius 3 is 3.00 bits per heavy atom. The minimum atomic E-state index is -0.0310. The monoisotopic (exact) mass is 288 g/mol. The third-order valence-corrected chi connectivity index (χ3v) is 4.12. The fourth-order valence-electron chi connectivity index (χ4n) is 2.20. The Morgan fingerprint density at radius 2 is 2.25 bits per heavy atom. The Bertz CT molecular complexity index is 577. The van der Waals surface area contributed by atoms with E-state index in [-0.39, 0.29) is 11.8 Å². The van der Waals surface area contributed by atoms with Gasteiger partial charge in [0.1, 0.15) is 0 Å². The van der Waals surface area contributed by atoms with E-state index in [2.05, 4.69) is 22.4 Å². The van der Waals surface area contributed by atoms with Crippen molar-refractivity contribution in [2.45, 2.75) is 12.8 Å². The molecule has 0 saturated carbocycles. The van der Waals surface area contributed by atoms with Gasteiger partial charge in [0.15, 0.2) is 5.13 Å². The van der Waals surface area contributed by atoms with Crippen molar-refractivity contribution >= 4 is 22.4 Å². The highest BCUT2D eigenvalue weighted by Crippen LogP contribution is 2.20. The molecular weight excluding hydrogens is 272 g/mol. The van der Waals surface area contributed by atoms with Crippen LogP contribution in [0.3, 0.4) is 0 Å². The lowest BCUT2D eigenvalue weighted by molar-refractivity contribution is -0.119. The summed E-state index contributed by atoms with van der Waals surface area (Å²) >= 11 is 1.47. The minimum Gasteiger partial charge on any atom is -0.381 e. The number of carbonyl (C=O) groups excluding carboxylic acids is 1. The van der Waals surface area contributed by atoms with E-state index >= 15 is 0 Å². The van der Waals surface area contributed by atoms with Gasteiger partial charge in [-0.1, -0.05) is 30.3 Å². The number of aromatic nitrogens is 1. The SMILES string of the molecule is O=C(Nc1nc(Cc2ccccc2)cs1)[C@@H]1CCOC1. The van der Waals surface area contributed by atoms with Crippen molar-refractivity contribution < 1.29 is 9.53 Å². The van der Waals surface area contributed by atoms with Crippen LogP contribution >= 0.6 is 11.3 Å². The van der Waals surface area contributed by atoms with Gasteiger partial charge in [0.25, 0.3) is 0 Å². The number of anilines is 1. The van der Waals surface area contributed by atoms with Crippen LogP contribution in [0.25, 0.3) is 0 Å². The maximum absolute atomic E-state index is 12.0. The van der Waals surface area contributed by atoms with E-state index < -0.39 is 0 Å². The van der Waals surface area contributed by atoms with E-state index in [1.807, 2.05) is 23.6 Å². The van der Waals surface area contributed by atoms with Crippen LogP contribution in [0.4, 0.5) is 5.13 Å². The number of amides is 1. The van der Waals surface area contributed by atoms with Crippen LogP contribution in [0.1, 0.15) is 17.7 Å². The molecule has 104 valence electrons. The van der Waals surface area contributed by atoms with Crippen molar-refractivity contribution in [3.05, 3.63) is 47.0 Å². The summed E-state index contributed by atoms with van der Waals surface area (Å²) in [5.41, 5.74) is 2.21. The molecule has 1 amide bonds. The van der Waals surface area contributed by atoms with Crippen molar-refractivity contribution in [1.82, 2.24) is 4.98 Å². The average Bonchev–Trinajstić information content (AvgIpc) is 3.11. The summed E-state index contributed by atoms with van der Waals surface area (Å²) in [6.45, 7) is 1.20. The maximum Gasteiger partial charge on any atom is 0.231 e. The van der Waals surface area contributed by atoms with Gasteiger partial charge in [-0.05, 0) is 12.0 Å². The molecule has 1 aliphatic rings. The molecule has 2 aromatic rings. The molecular formula is C15H16N2O2S. The third-order valence-electron chi connectivity index (χ3n) is 3.31. The summed E-state index contributed by atoms with van der Waals surface area (Å²) in [7, 11) is 0. The number of rotatable bonds is 4. The van der Waals surface area contributed by atoms with Gasteiger partial charge in [0.05, 0.1) is 18.2 Å². The summed E-state index contributed by atoms with van der Waals surface area (Å²) in [5.74, 6) is -0.0143. The third kappa shape index (κ3) is 3.23. The minimum absolute atomic E-state index is 0.0168. The second-order valence-electron chi connectivity index (χ2n) is 4.86. The molecule has 5 heteroatoms. The molecule has 1 atom stereocenters. The molecule has 0 bridgehead atoms. The summed E-state index contributed by atoms with van der Waals surface area (Å²) in [5, 5.41) is 5.55. The Hall–Kier alpha value is -1.72. The van der Waals surface area contributed by atoms with Crippen LogP contribution in [-0.2, 0) is 16.0 Å². The van der Waals surface area contributed by atoms with Crippen LogP contribution in [0, 0.1) is 5.92 Å². The van der Waals surface area contributed by atoms with Gasteiger partial charge in [-0.2, -0.15) is 0 Å². The van der Waals surface area contributed by atoms with Crippen molar-refractivity contribution in [2.75, 3.05) is 18.5 Å². The lowest BCUT2D eigenvalue weighted by Crippen LogP contribution is -2.22. The van der Waals surface area contributed by atoms with E-state index in [0.29, 0.717) is 18.3 Å². The molecule has 1 aromatic carbocycles. The smallest absolute Gasteiger partial charge is 0.231 e. The average molecular weight is 288 g/mol. The fourth-order valence-corrected chi connectivity index (χ4v) is 2.91. The lowest BCUT2D eigenvalue weighted by Gasteiger charge is -2.06. The largest absolute Gasteiger partial charge is 0.381 e. The number of thiazole rings is 1. The van der Waals surface area contributed by atoms with Gasteiger partial charge in [0, 0.05) is 18.4 Å². The second-order valence-corrected chi connectivity index (χ2v) is 5.71. The van der Waals surface area contributed by atoms with E-state index in [1.165, 1.54) is 16.9 Å². The predicted molar refractivity (Wildman–Crippen MR) is 78.9 cm³/mol. The van der Waals surface area contributed by atoms with Crippen LogP contribution in [0.15, 0.2) is 35.7 Å². The highest BCUT2D eigenvalue weighted by molar-refractivity contribution is 7.13. The molecule has 3 rings (SSSR count). The highest BCUT2D eigenvalue weighted by Gasteiger charge is 2.24. The zero-order chi connectivity index (χ0) is 13.8. The Kier molecular flexibility index (Phi) is 4.08. The van der Waals surface area contributed by atoms with Gasteiger partial charge in [-0.3, -0.25) is 4.79 Å². The molecule has 2 heterocycles. The number of nitrogens with zero attached hydrogens (tertiary/aromatic N) is 1. The van der Waals surface area contributed by atoms with E-state index in [9.17, 15) is 4.79 Å². The number of hydrogen-bond donors (Lipinski definition) is 1. The Morgan fingerprint density at radius 1 is 1.40 bits per heavy atom. The topological polar surface area (TPSA) is 51.2 Å². The maximum atomic E-state index is 12.0. The molecule has 1 N–H and O–H groups in total. The number of carbonyl (C=O) groups is 1. The van der Waals surface area contributed by atoms with Crippen LogP contribution < -0.4 is 5.32 Å². The number of nitrogens with one attached hydrogen (secondary N) is 1. The molecule has 0 aliphatic carbocycles. The van der Waals surface area contributed by atoms with Crippen LogP contribution in [0.5, 0.6) is 0 Å². The first-order valence-corrected chi connectivity index (χ1v) is 7.56. The lowest BCUT2D eigenvalue weighted by atomic mass is 10.1. The first-order chi connectivity index (χ1) is 9.81. The molecule has 0 spiro atoms.